The molecule has 0 radical (unpaired) electrons. The Bertz CT molecular complexity index is 509. The average molecular weight is 307 g/mol. The summed E-state index contributed by atoms with van der Waals surface area (Å²) in [5.41, 5.74) is 2.00. The quantitative estimate of drug-likeness (QED) is 0.774. The van der Waals surface area contributed by atoms with Crippen molar-refractivity contribution in [3.63, 3.8) is 0 Å². The van der Waals surface area contributed by atoms with Crippen LogP contribution in [0.4, 0.5) is 5.69 Å². The molecule has 1 saturated carbocycles. The van der Waals surface area contributed by atoms with Crippen LogP contribution >= 0.6 is 11.8 Å². The number of nitrogens with one attached hydrogen (secondary N) is 1. The Labute approximate surface area is 129 Å². The number of thioether (sulfide) groups is 1. The molecule has 0 aliphatic heterocycles. The maximum atomic E-state index is 11.8. The lowest BCUT2D eigenvalue weighted by Crippen LogP contribution is -2.17. The van der Waals surface area contributed by atoms with Gasteiger partial charge < -0.3 is 10.4 Å². The van der Waals surface area contributed by atoms with Crippen molar-refractivity contribution in [2.24, 2.45) is 5.41 Å². The number of aryl methyl sites for hydroxylation is 1. The van der Waals surface area contributed by atoms with Crippen molar-refractivity contribution >= 4 is 29.3 Å². The van der Waals surface area contributed by atoms with E-state index in [4.69, 9.17) is 5.11 Å². The van der Waals surface area contributed by atoms with E-state index in [-0.39, 0.29) is 17.7 Å². The van der Waals surface area contributed by atoms with Crippen molar-refractivity contribution in [2.45, 2.75) is 32.6 Å². The van der Waals surface area contributed by atoms with E-state index < -0.39 is 5.97 Å². The molecule has 1 fully saturated rings. The summed E-state index contributed by atoms with van der Waals surface area (Å²) in [6.45, 7) is 2.09. The van der Waals surface area contributed by atoms with Gasteiger partial charge >= 0.3 is 5.97 Å². The Morgan fingerprint density at radius 3 is 2.48 bits per heavy atom. The minimum atomic E-state index is -0.742. The Hall–Kier alpha value is -1.49. The SMILES string of the molecule is CCc1ccc(NC(=O)CSCC2(CC(=O)O)CC2)cc1. The summed E-state index contributed by atoms with van der Waals surface area (Å²) in [7, 11) is 0. The lowest BCUT2D eigenvalue weighted by molar-refractivity contribution is -0.138. The van der Waals surface area contributed by atoms with E-state index in [1.165, 1.54) is 17.3 Å². The maximum absolute atomic E-state index is 11.8. The number of hydrogen-bond acceptors (Lipinski definition) is 3. The van der Waals surface area contributed by atoms with E-state index in [2.05, 4.69) is 12.2 Å². The molecule has 0 saturated heterocycles. The Kier molecular flexibility index (Phi) is 5.28. The summed E-state index contributed by atoms with van der Waals surface area (Å²) in [6.07, 6.45) is 3.13. The monoisotopic (exact) mass is 307 g/mol. The van der Waals surface area contributed by atoms with Gasteiger partial charge in [-0.1, -0.05) is 19.1 Å². The number of carboxylic acid groups (broad SMARTS) is 1. The molecule has 0 heterocycles. The maximum Gasteiger partial charge on any atom is 0.303 e. The zero-order valence-electron chi connectivity index (χ0n) is 12.2. The van der Waals surface area contributed by atoms with Crippen molar-refractivity contribution in [1.29, 1.82) is 0 Å². The van der Waals surface area contributed by atoms with E-state index in [0.29, 0.717) is 5.75 Å². The highest BCUT2D eigenvalue weighted by molar-refractivity contribution is 8.00. The highest BCUT2D eigenvalue weighted by Gasteiger charge is 2.44. The molecule has 2 N–H and O–H groups in total. The first-order chi connectivity index (χ1) is 10.0. The summed E-state index contributed by atoms with van der Waals surface area (Å²) < 4.78 is 0. The second-order valence-electron chi connectivity index (χ2n) is 5.66. The van der Waals surface area contributed by atoms with Gasteiger partial charge in [-0.25, -0.2) is 0 Å². The molecule has 0 atom stereocenters. The number of anilines is 1. The number of benzene rings is 1. The second-order valence-corrected chi connectivity index (χ2v) is 6.65. The minimum Gasteiger partial charge on any atom is -0.481 e. The minimum absolute atomic E-state index is 0.0321. The molecular formula is C16H21NO3S. The largest absolute Gasteiger partial charge is 0.481 e. The van der Waals surface area contributed by atoms with Crippen LogP contribution in [-0.4, -0.2) is 28.5 Å². The molecular weight excluding hydrogens is 286 g/mol. The molecule has 0 aromatic heterocycles. The molecule has 4 nitrogen and oxygen atoms in total. The predicted octanol–water partition coefficient (Wildman–Crippen LogP) is 3.18. The number of carboxylic acids is 1. The molecule has 21 heavy (non-hydrogen) atoms. The van der Waals surface area contributed by atoms with Crippen LogP contribution in [0.3, 0.4) is 0 Å². The molecule has 0 spiro atoms. The Morgan fingerprint density at radius 1 is 1.29 bits per heavy atom. The second kappa shape index (κ2) is 6.98. The third kappa shape index (κ3) is 5.08. The first kappa shape index (κ1) is 15.9. The van der Waals surface area contributed by atoms with E-state index in [1.54, 1.807) is 0 Å². The number of amides is 1. The number of carbonyl (C=O) groups is 2. The molecule has 114 valence electrons. The molecule has 2 rings (SSSR count). The van der Waals surface area contributed by atoms with Crippen LogP contribution in [0.5, 0.6) is 0 Å². The summed E-state index contributed by atoms with van der Waals surface area (Å²) in [4.78, 5) is 22.6. The number of aliphatic carboxylic acids is 1. The van der Waals surface area contributed by atoms with Crippen molar-refractivity contribution in [3.8, 4) is 0 Å². The van der Waals surface area contributed by atoms with Crippen molar-refractivity contribution in [1.82, 2.24) is 0 Å². The molecule has 1 aliphatic rings. The topological polar surface area (TPSA) is 66.4 Å². The van der Waals surface area contributed by atoms with Crippen LogP contribution in [0.15, 0.2) is 24.3 Å². The molecule has 1 aromatic carbocycles. The summed E-state index contributed by atoms with van der Waals surface area (Å²) >= 11 is 1.52. The molecule has 1 amide bonds. The van der Waals surface area contributed by atoms with Gasteiger partial charge in [-0.15, -0.1) is 0 Å². The average Bonchev–Trinajstić information content (AvgIpc) is 3.18. The zero-order valence-corrected chi connectivity index (χ0v) is 13.0. The van der Waals surface area contributed by atoms with Crippen LogP contribution < -0.4 is 5.32 Å². The van der Waals surface area contributed by atoms with Crippen molar-refractivity contribution < 1.29 is 14.7 Å². The van der Waals surface area contributed by atoms with Crippen LogP contribution in [0, 0.1) is 5.41 Å². The number of rotatable bonds is 8. The summed E-state index contributed by atoms with van der Waals surface area (Å²) in [5, 5.41) is 11.7. The molecule has 1 aromatic rings. The zero-order chi connectivity index (χ0) is 15.3. The van der Waals surface area contributed by atoms with Crippen LogP contribution in [0.25, 0.3) is 0 Å². The Morgan fingerprint density at radius 2 is 1.95 bits per heavy atom. The smallest absolute Gasteiger partial charge is 0.303 e. The molecule has 1 aliphatic carbocycles. The normalized spacial score (nSPS) is 15.5. The fourth-order valence-corrected chi connectivity index (χ4v) is 3.43. The standard InChI is InChI=1S/C16H21NO3S/c1-2-12-3-5-13(6-4-12)17-14(18)10-21-11-16(7-8-16)9-15(19)20/h3-6H,2,7-11H2,1H3,(H,17,18)(H,19,20). The van der Waals surface area contributed by atoms with Gasteiger partial charge in [0.15, 0.2) is 0 Å². The first-order valence-corrected chi connectivity index (χ1v) is 8.37. The first-order valence-electron chi connectivity index (χ1n) is 7.21. The predicted molar refractivity (Wildman–Crippen MR) is 85.7 cm³/mol. The van der Waals surface area contributed by atoms with Gasteiger partial charge in [0.25, 0.3) is 0 Å². The highest BCUT2D eigenvalue weighted by atomic mass is 32.2. The van der Waals surface area contributed by atoms with Gasteiger partial charge in [0.2, 0.25) is 5.91 Å². The van der Waals surface area contributed by atoms with Gasteiger partial charge in [-0.05, 0) is 48.1 Å². The number of hydrogen-bond donors (Lipinski definition) is 2. The Balaban J connectivity index is 1.71. The summed E-state index contributed by atoms with van der Waals surface area (Å²) in [6, 6.07) is 7.84. The fourth-order valence-electron chi connectivity index (χ4n) is 2.25. The molecule has 0 bridgehead atoms. The number of carbonyl (C=O) groups excluding carboxylic acids is 1. The van der Waals surface area contributed by atoms with E-state index >= 15 is 0 Å². The lowest BCUT2D eigenvalue weighted by atomic mass is 10.1. The van der Waals surface area contributed by atoms with Crippen LogP contribution in [0.1, 0.15) is 31.7 Å². The molecule has 5 heteroatoms. The van der Waals surface area contributed by atoms with Crippen molar-refractivity contribution in [3.05, 3.63) is 29.8 Å². The van der Waals surface area contributed by atoms with Gasteiger partial charge in [-0.3, -0.25) is 9.59 Å². The third-order valence-corrected chi connectivity index (χ3v) is 5.05. The van der Waals surface area contributed by atoms with Crippen molar-refractivity contribution in [2.75, 3.05) is 16.8 Å². The van der Waals surface area contributed by atoms with Crippen LogP contribution in [-0.2, 0) is 16.0 Å². The van der Waals surface area contributed by atoms with Crippen LogP contribution in [0.2, 0.25) is 0 Å². The summed E-state index contributed by atoms with van der Waals surface area (Å²) in [5.74, 6) is 0.349. The van der Waals surface area contributed by atoms with Gasteiger partial charge in [0.05, 0.1) is 12.2 Å². The van der Waals surface area contributed by atoms with Gasteiger partial charge in [0, 0.05) is 5.69 Å². The van der Waals surface area contributed by atoms with E-state index in [1.807, 2.05) is 24.3 Å². The van der Waals surface area contributed by atoms with E-state index in [9.17, 15) is 9.59 Å². The highest BCUT2D eigenvalue weighted by Crippen LogP contribution is 2.50. The van der Waals surface area contributed by atoms with Gasteiger partial charge in [-0.2, -0.15) is 11.8 Å². The molecule has 0 unspecified atom stereocenters. The lowest BCUT2D eigenvalue weighted by Gasteiger charge is -2.11. The van der Waals surface area contributed by atoms with E-state index in [0.717, 1.165) is 30.7 Å². The van der Waals surface area contributed by atoms with Gasteiger partial charge in [0.1, 0.15) is 0 Å². The fraction of sp³-hybridized carbons (Fsp3) is 0.500. The third-order valence-electron chi connectivity index (χ3n) is 3.77.